The van der Waals surface area contributed by atoms with Crippen LogP contribution in [-0.4, -0.2) is 0 Å². The lowest BCUT2D eigenvalue weighted by molar-refractivity contribution is 0.533. The summed E-state index contributed by atoms with van der Waals surface area (Å²) in [6, 6.07) is 20.4. The van der Waals surface area contributed by atoms with Gasteiger partial charge in [0.25, 0.3) is 0 Å². The van der Waals surface area contributed by atoms with Crippen LogP contribution in [0, 0.1) is 18.3 Å². The van der Waals surface area contributed by atoms with Gasteiger partial charge < -0.3 is 0 Å². The highest BCUT2D eigenvalue weighted by Gasteiger charge is 2.14. The van der Waals surface area contributed by atoms with Crippen molar-refractivity contribution < 1.29 is 0 Å². The van der Waals surface area contributed by atoms with Gasteiger partial charge >= 0.3 is 0 Å². The minimum Gasteiger partial charge on any atom is -0.292 e. The minimum atomic E-state index is -0.282. The van der Waals surface area contributed by atoms with Crippen molar-refractivity contribution in [2.45, 2.75) is 25.9 Å². The van der Waals surface area contributed by atoms with Crippen LogP contribution in [0.2, 0.25) is 0 Å². The molecule has 0 aromatic heterocycles. The van der Waals surface area contributed by atoms with E-state index in [-0.39, 0.29) is 12.1 Å². The Hall–Kier alpha value is -2.11. The maximum absolute atomic E-state index is 9.35. The third-order valence-electron chi connectivity index (χ3n) is 3.22. The van der Waals surface area contributed by atoms with Gasteiger partial charge in [-0.2, -0.15) is 5.26 Å². The number of benzene rings is 2. The Morgan fingerprint density at radius 2 is 1.68 bits per heavy atom. The topological polar surface area (TPSA) is 35.8 Å². The van der Waals surface area contributed by atoms with Crippen LogP contribution < -0.4 is 5.32 Å². The molecule has 0 bridgehead atoms. The monoisotopic (exact) mass is 250 g/mol. The predicted octanol–water partition coefficient (Wildman–Crippen LogP) is 3.91. The number of nitriles is 1. The number of nitrogens with one attached hydrogen (secondary N) is 1. The van der Waals surface area contributed by atoms with Crippen LogP contribution in [0.5, 0.6) is 0 Å². The highest BCUT2D eigenvalue weighted by molar-refractivity contribution is 5.29. The summed E-state index contributed by atoms with van der Waals surface area (Å²) in [6.45, 7) is 4.12. The molecule has 2 unspecified atom stereocenters. The summed E-state index contributed by atoms with van der Waals surface area (Å²) in [5, 5.41) is 12.7. The molecule has 96 valence electrons. The Kier molecular flexibility index (Phi) is 4.33. The molecule has 2 heteroatoms. The maximum atomic E-state index is 9.35. The fraction of sp³-hybridized carbons (Fsp3) is 0.235. The van der Waals surface area contributed by atoms with Crippen molar-refractivity contribution in [3.05, 3.63) is 71.3 Å². The molecular formula is C17H18N2. The zero-order chi connectivity index (χ0) is 13.7. The summed E-state index contributed by atoms with van der Waals surface area (Å²) in [5.74, 6) is 0. The van der Waals surface area contributed by atoms with Gasteiger partial charge in [0, 0.05) is 6.04 Å². The number of nitrogens with zero attached hydrogens (tertiary/aromatic N) is 1. The quantitative estimate of drug-likeness (QED) is 0.893. The van der Waals surface area contributed by atoms with E-state index in [9.17, 15) is 5.26 Å². The Morgan fingerprint density at radius 1 is 1.00 bits per heavy atom. The van der Waals surface area contributed by atoms with Gasteiger partial charge in [-0.05, 0) is 25.0 Å². The number of aryl methyl sites for hydroxylation is 1. The SMILES string of the molecule is Cc1cccc(C(C#N)NC(C)c2ccccc2)c1. The molecule has 0 aliphatic rings. The van der Waals surface area contributed by atoms with Gasteiger partial charge in [-0.15, -0.1) is 0 Å². The third-order valence-corrected chi connectivity index (χ3v) is 3.22. The summed E-state index contributed by atoms with van der Waals surface area (Å²) in [6.07, 6.45) is 0. The van der Waals surface area contributed by atoms with Crippen LogP contribution in [0.4, 0.5) is 0 Å². The van der Waals surface area contributed by atoms with Gasteiger partial charge in [0.05, 0.1) is 6.07 Å². The molecule has 0 saturated heterocycles. The first-order valence-electron chi connectivity index (χ1n) is 6.48. The lowest BCUT2D eigenvalue weighted by Crippen LogP contribution is -2.23. The second-order valence-corrected chi connectivity index (χ2v) is 4.78. The van der Waals surface area contributed by atoms with Gasteiger partial charge in [0.2, 0.25) is 0 Å². The fourth-order valence-electron chi connectivity index (χ4n) is 2.15. The highest BCUT2D eigenvalue weighted by atomic mass is 14.9. The van der Waals surface area contributed by atoms with Crippen molar-refractivity contribution >= 4 is 0 Å². The van der Waals surface area contributed by atoms with Gasteiger partial charge in [-0.1, -0.05) is 60.2 Å². The summed E-state index contributed by atoms with van der Waals surface area (Å²) in [5.41, 5.74) is 3.38. The second kappa shape index (κ2) is 6.17. The smallest absolute Gasteiger partial charge is 0.121 e. The first-order chi connectivity index (χ1) is 9.20. The van der Waals surface area contributed by atoms with Crippen molar-refractivity contribution in [2.24, 2.45) is 0 Å². The maximum Gasteiger partial charge on any atom is 0.121 e. The standard InChI is InChI=1S/C17H18N2/c1-13-7-6-10-16(11-13)17(12-18)19-14(2)15-8-4-3-5-9-15/h3-11,14,17,19H,1-2H3. The largest absolute Gasteiger partial charge is 0.292 e. The highest BCUT2D eigenvalue weighted by Crippen LogP contribution is 2.19. The second-order valence-electron chi connectivity index (χ2n) is 4.78. The molecule has 0 radical (unpaired) electrons. The summed E-state index contributed by atoms with van der Waals surface area (Å²) in [7, 11) is 0. The lowest BCUT2D eigenvalue weighted by Gasteiger charge is -2.19. The van der Waals surface area contributed by atoms with Crippen LogP contribution >= 0.6 is 0 Å². The zero-order valence-electron chi connectivity index (χ0n) is 11.3. The van der Waals surface area contributed by atoms with Gasteiger partial charge in [0.15, 0.2) is 0 Å². The van der Waals surface area contributed by atoms with Crippen LogP contribution in [0.1, 0.15) is 35.7 Å². The van der Waals surface area contributed by atoms with Crippen LogP contribution in [0.15, 0.2) is 54.6 Å². The van der Waals surface area contributed by atoms with Crippen molar-refractivity contribution in [3.8, 4) is 6.07 Å². The molecule has 0 saturated carbocycles. The Labute approximate surface area is 114 Å². The molecule has 0 aliphatic carbocycles. The normalized spacial score (nSPS) is 13.5. The van der Waals surface area contributed by atoms with Crippen molar-refractivity contribution in [2.75, 3.05) is 0 Å². The zero-order valence-corrected chi connectivity index (χ0v) is 11.3. The number of hydrogen-bond donors (Lipinski definition) is 1. The van der Waals surface area contributed by atoms with Gasteiger partial charge in [0.1, 0.15) is 6.04 Å². The first kappa shape index (κ1) is 13.3. The average Bonchev–Trinajstić information content (AvgIpc) is 2.45. The molecule has 2 aromatic rings. The molecule has 0 heterocycles. The molecule has 0 aliphatic heterocycles. The minimum absolute atomic E-state index is 0.145. The average molecular weight is 250 g/mol. The molecule has 0 fully saturated rings. The molecule has 19 heavy (non-hydrogen) atoms. The number of hydrogen-bond acceptors (Lipinski definition) is 2. The van der Waals surface area contributed by atoms with E-state index in [1.54, 1.807) is 0 Å². The first-order valence-corrected chi connectivity index (χ1v) is 6.48. The number of rotatable bonds is 4. The Balaban J connectivity index is 2.14. The van der Waals surface area contributed by atoms with E-state index in [0.717, 1.165) is 5.56 Å². The van der Waals surface area contributed by atoms with Crippen LogP contribution in [0.3, 0.4) is 0 Å². The van der Waals surface area contributed by atoms with Crippen molar-refractivity contribution in [3.63, 3.8) is 0 Å². The van der Waals surface area contributed by atoms with E-state index in [4.69, 9.17) is 0 Å². The molecule has 2 aromatic carbocycles. The summed E-state index contributed by atoms with van der Waals surface area (Å²) < 4.78 is 0. The molecular weight excluding hydrogens is 232 g/mol. The van der Waals surface area contributed by atoms with E-state index in [0.29, 0.717) is 0 Å². The molecule has 0 spiro atoms. The summed E-state index contributed by atoms with van der Waals surface area (Å²) >= 11 is 0. The molecule has 1 N–H and O–H groups in total. The Bertz CT molecular complexity index is 569. The molecule has 2 atom stereocenters. The Morgan fingerprint density at radius 3 is 2.32 bits per heavy atom. The van der Waals surface area contributed by atoms with Crippen molar-refractivity contribution in [1.29, 1.82) is 5.26 Å². The fourth-order valence-corrected chi connectivity index (χ4v) is 2.15. The van der Waals surface area contributed by atoms with Crippen molar-refractivity contribution in [1.82, 2.24) is 5.32 Å². The van der Waals surface area contributed by atoms with Gasteiger partial charge in [-0.3, -0.25) is 5.32 Å². The van der Waals surface area contributed by atoms with Crippen LogP contribution in [0.25, 0.3) is 0 Å². The third kappa shape index (κ3) is 3.43. The van der Waals surface area contributed by atoms with E-state index >= 15 is 0 Å². The van der Waals surface area contributed by atoms with E-state index in [2.05, 4.69) is 36.5 Å². The van der Waals surface area contributed by atoms with E-state index < -0.39 is 0 Å². The summed E-state index contributed by atoms with van der Waals surface area (Å²) in [4.78, 5) is 0. The molecule has 0 amide bonds. The predicted molar refractivity (Wildman–Crippen MR) is 77.5 cm³/mol. The van der Waals surface area contributed by atoms with E-state index in [1.807, 2.05) is 43.3 Å². The molecule has 2 rings (SSSR count). The molecule has 2 nitrogen and oxygen atoms in total. The lowest BCUT2D eigenvalue weighted by atomic mass is 10.0. The van der Waals surface area contributed by atoms with Crippen LogP contribution in [-0.2, 0) is 0 Å². The van der Waals surface area contributed by atoms with Gasteiger partial charge in [-0.25, -0.2) is 0 Å². The van der Waals surface area contributed by atoms with E-state index in [1.165, 1.54) is 11.1 Å².